The van der Waals surface area contributed by atoms with E-state index in [-0.39, 0.29) is 0 Å². The van der Waals surface area contributed by atoms with Gasteiger partial charge in [-0.3, -0.25) is 0 Å². The Hall–Kier alpha value is -2.61. The minimum atomic E-state index is 1.03. The summed E-state index contributed by atoms with van der Waals surface area (Å²) in [5.74, 6) is 1.03. The van der Waals surface area contributed by atoms with E-state index in [4.69, 9.17) is 0 Å². The Balaban J connectivity index is 1.81. The predicted molar refractivity (Wildman–Crippen MR) is 88.8 cm³/mol. The summed E-state index contributed by atoms with van der Waals surface area (Å²) in [5.41, 5.74) is 4.74. The van der Waals surface area contributed by atoms with Crippen LogP contribution in [-0.4, -0.2) is 9.55 Å². The molecule has 0 saturated heterocycles. The van der Waals surface area contributed by atoms with E-state index in [1.165, 1.54) is 16.7 Å². The molecule has 0 bridgehead atoms. The van der Waals surface area contributed by atoms with E-state index in [1.54, 1.807) is 0 Å². The fraction of sp³-hybridized carbons (Fsp3) is 0.105. The smallest absolute Gasteiger partial charge is 0.105 e. The molecule has 0 aliphatic rings. The van der Waals surface area contributed by atoms with Gasteiger partial charge in [-0.1, -0.05) is 66.7 Å². The minimum Gasteiger partial charge on any atom is -0.331 e. The molecule has 0 N–H and O–H groups in total. The average molecular weight is 274 g/mol. The van der Waals surface area contributed by atoms with E-state index in [2.05, 4.69) is 58.1 Å². The molecule has 1 heterocycles. The van der Waals surface area contributed by atoms with Crippen molar-refractivity contribution in [2.45, 2.75) is 6.92 Å². The molecule has 0 unspecified atom stereocenters. The van der Waals surface area contributed by atoms with E-state index in [1.807, 2.05) is 38.4 Å². The first kappa shape index (κ1) is 13.4. The first-order chi connectivity index (χ1) is 10.2. The Kier molecular flexibility index (Phi) is 3.69. The van der Waals surface area contributed by atoms with Crippen LogP contribution in [0.2, 0.25) is 0 Å². The zero-order chi connectivity index (χ0) is 14.7. The van der Waals surface area contributed by atoms with Crippen LogP contribution >= 0.6 is 0 Å². The third-order valence-electron chi connectivity index (χ3n) is 3.69. The molecular weight excluding hydrogens is 256 g/mol. The minimum absolute atomic E-state index is 1.03. The lowest BCUT2D eigenvalue weighted by Crippen LogP contribution is -1.93. The summed E-state index contributed by atoms with van der Waals surface area (Å²) < 4.78 is 2.11. The van der Waals surface area contributed by atoms with Gasteiger partial charge in [0.15, 0.2) is 0 Å². The average Bonchev–Trinajstić information content (AvgIpc) is 2.87. The topological polar surface area (TPSA) is 17.8 Å². The van der Waals surface area contributed by atoms with Crippen LogP contribution in [0, 0.1) is 6.92 Å². The molecular formula is C19H18N2. The molecule has 0 amide bonds. The van der Waals surface area contributed by atoms with Gasteiger partial charge in [0.2, 0.25) is 0 Å². The second-order valence-electron chi connectivity index (χ2n) is 5.12. The maximum absolute atomic E-state index is 4.34. The molecule has 104 valence electrons. The monoisotopic (exact) mass is 274 g/mol. The number of rotatable bonds is 3. The summed E-state index contributed by atoms with van der Waals surface area (Å²) in [6.45, 7) is 2.01. The predicted octanol–water partition coefficient (Wildman–Crippen LogP) is 4.57. The van der Waals surface area contributed by atoms with Crippen LogP contribution in [0.1, 0.15) is 17.0 Å². The highest BCUT2D eigenvalue weighted by Gasteiger charge is 2.04. The van der Waals surface area contributed by atoms with Gasteiger partial charge in [0.25, 0.3) is 0 Å². The second kappa shape index (κ2) is 5.80. The lowest BCUT2D eigenvalue weighted by Gasteiger charge is -2.04. The van der Waals surface area contributed by atoms with Crippen molar-refractivity contribution in [3.05, 3.63) is 77.7 Å². The summed E-state index contributed by atoms with van der Waals surface area (Å²) in [7, 11) is 2.04. The normalized spacial score (nSPS) is 11.1. The lowest BCUT2D eigenvalue weighted by atomic mass is 10.1. The van der Waals surface area contributed by atoms with Crippen LogP contribution in [0.4, 0.5) is 0 Å². The van der Waals surface area contributed by atoms with Crippen LogP contribution in [0.3, 0.4) is 0 Å². The van der Waals surface area contributed by atoms with Crippen molar-refractivity contribution in [3.8, 4) is 11.3 Å². The van der Waals surface area contributed by atoms with Crippen molar-refractivity contribution < 1.29 is 0 Å². The fourth-order valence-electron chi connectivity index (χ4n) is 2.29. The first-order valence-electron chi connectivity index (χ1n) is 7.06. The highest BCUT2D eigenvalue weighted by molar-refractivity contribution is 5.71. The second-order valence-corrected chi connectivity index (χ2v) is 5.12. The molecule has 0 fully saturated rings. The van der Waals surface area contributed by atoms with E-state index < -0.39 is 0 Å². The van der Waals surface area contributed by atoms with Crippen LogP contribution in [0.25, 0.3) is 23.4 Å². The highest BCUT2D eigenvalue weighted by Crippen LogP contribution is 2.20. The lowest BCUT2D eigenvalue weighted by molar-refractivity contribution is 0.865. The van der Waals surface area contributed by atoms with E-state index >= 15 is 0 Å². The van der Waals surface area contributed by atoms with Gasteiger partial charge in [0.1, 0.15) is 5.82 Å². The Morgan fingerprint density at radius 2 is 1.48 bits per heavy atom. The van der Waals surface area contributed by atoms with Gasteiger partial charge in [-0.05, 0) is 23.6 Å². The summed E-state index contributed by atoms with van der Waals surface area (Å²) in [5, 5.41) is 0. The number of benzene rings is 2. The van der Waals surface area contributed by atoms with E-state index in [0.717, 1.165) is 11.5 Å². The van der Waals surface area contributed by atoms with Crippen LogP contribution in [0.15, 0.2) is 60.8 Å². The summed E-state index contributed by atoms with van der Waals surface area (Å²) in [6.07, 6.45) is 6.18. The van der Waals surface area contributed by atoms with Crippen LogP contribution < -0.4 is 0 Å². The van der Waals surface area contributed by atoms with Crippen molar-refractivity contribution in [1.29, 1.82) is 0 Å². The molecule has 0 aliphatic heterocycles. The van der Waals surface area contributed by atoms with Crippen molar-refractivity contribution in [3.63, 3.8) is 0 Å². The third-order valence-corrected chi connectivity index (χ3v) is 3.69. The molecule has 2 aromatic carbocycles. The van der Waals surface area contributed by atoms with Gasteiger partial charge >= 0.3 is 0 Å². The third kappa shape index (κ3) is 2.95. The number of aromatic nitrogens is 2. The zero-order valence-corrected chi connectivity index (χ0v) is 12.3. The molecule has 0 radical (unpaired) electrons. The number of aryl methyl sites for hydroxylation is 1. The van der Waals surface area contributed by atoms with E-state index in [9.17, 15) is 0 Å². The Morgan fingerprint density at radius 3 is 2.05 bits per heavy atom. The molecule has 3 rings (SSSR count). The summed E-state index contributed by atoms with van der Waals surface area (Å²) in [6, 6.07) is 18.9. The SMILES string of the molecule is Cc1ncc(-c2ccc(/C=C/c3ccccc3)cc2)n1C. The van der Waals surface area contributed by atoms with Crippen LogP contribution in [-0.2, 0) is 7.05 Å². The van der Waals surface area contributed by atoms with Crippen molar-refractivity contribution in [1.82, 2.24) is 9.55 Å². The van der Waals surface area contributed by atoms with Gasteiger partial charge in [-0.15, -0.1) is 0 Å². The number of hydrogen-bond donors (Lipinski definition) is 0. The molecule has 1 aromatic heterocycles. The molecule has 0 saturated carbocycles. The summed E-state index contributed by atoms with van der Waals surface area (Å²) >= 11 is 0. The maximum atomic E-state index is 4.34. The standard InChI is InChI=1S/C19H18N2/c1-15-20-14-19(21(15)2)18-12-10-17(11-13-18)9-8-16-6-4-3-5-7-16/h3-14H,1-2H3/b9-8+. The quantitative estimate of drug-likeness (QED) is 0.640. The van der Waals surface area contributed by atoms with Gasteiger partial charge in [-0.2, -0.15) is 0 Å². The number of nitrogens with zero attached hydrogens (tertiary/aromatic N) is 2. The number of imidazole rings is 1. The zero-order valence-electron chi connectivity index (χ0n) is 12.3. The van der Waals surface area contributed by atoms with Gasteiger partial charge < -0.3 is 4.57 Å². The van der Waals surface area contributed by atoms with Gasteiger partial charge in [0.05, 0.1) is 11.9 Å². The Bertz CT molecular complexity index is 750. The summed E-state index contributed by atoms with van der Waals surface area (Å²) in [4.78, 5) is 4.34. The fourth-order valence-corrected chi connectivity index (χ4v) is 2.29. The molecule has 3 aromatic rings. The molecule has 0 atom stereocenters. The number of hydrogen-bond acceptors (Lipinski definition) is 1. The van der Waals surface area contributed by atoms with Gasteiger partial charge in [0, 0.05) is 7.05 Å². The first-order valence-corrected chi connectivity index (χ1v) is 7.06. The van der Waals surface area contributed by atoms with Crippen molar-refractivity contribution >= 4 is 12.2 Å². The van der Waals surface area contributed by atoms with Crippen molar-refractivity contribution in [2.24, 2.45) is 7.05 Å². The molecule has 2 nitrogen and oxygen atoms in total. The van der Waals surface area contributed by atoms with E-state index in [0.29, 0.717) is 0 Å². The molecule has 2 heteroatoms. The highest BCUT2D eigenvalue weighted by atomic mass is 15.0. The Labute approximate surface area is 125 Å². The molecule has 0 spiro atoms. The maximum Gasteiger partial charge on any atom is 0.105 e. The molecule has 0 aliphatic carbocycles. The van der Waals surface area contributed by atoms with Crippen molar-refractivity contribution in [2.75, 3.05) is 0 Å². The van der Waals surface area contributed by atoms with Gasteiger partial charge in [-0.25, -0.2) is 4.98 Å². The Morgan fingerprint density at radius 1 is 0.857 bits per heavy atom. The molecule has 21 heavy (non-hydrogen) atoms. The largest absolute Gasteiger partial charge is 0.331 e. The van der Waals surface area contributed by atoms with Crippen LogP contribution in [0.5, 0.6) is 0 Å².